The Morgan fingerprint density at radius 1 is 1.31 bits per heavy atom. The predicted octanol–water partition coefficient (Wildman–Crippen LogP) is 2.95. The minimum absolute atomic E-state index is 0.239. The first-order valence-electron chi connectivity index (χ1n) is 5.29. The maximum atomic E-state index is 5.82. The number of hydrogen-bond donors (Lipinski definition) is 2. The molecule has 1 aromatic carbocycles. The Labute approximate surface area is 100 Å². The molecule has 84 valence electrons. The lowest BCUT2D eigenvalue weighted by atomic mass is 10.0. The van der Waals surface area contributed by atoms with Gasteiger partial charge in [0.2, 0.25) is 0 Å². The van der Waals surface area contributed by atoms with Gasteiger partial charge in [0.15, 0.2) is 0 Å². The van der Waals surface area contributed by atoms with Gasteiger partial charge in [-0.25, -0.2) is 0 Å². The summed E-state index contributed by atoms with van der Waals surface area (Å²) >= 11 is 1.78. The number of benzene rings is 1. The number of rotatable bonds is 3. The monoisotopic (exact) mass is 232 g/mol. The molecule has 1 unspecified atom stereocenters. The molecule has 3 heteroatoms. The summed E-state index contributed by atoms with van der Waals surface area (Å²) in [6.07, 6.45) is 0. The maximum Gasteiger partial charge on any atom is 0.0672 e. The van der Waals surface area contributed by atoms with E-state index in [9.17, 15) is 0 Å². The Bertz CT molecular complexity index is 476. The summed E-state index contributed by atoms with van der Waals surface area (Å²) in [5.74, 6) is 0. The number of nitrogens with one attached hydrogen (secondary N) is 1. The third kappa shape index (κ3) is 2.10. The predicted molar refractivity (Wildman–Crippen MR) is 70.8 cm³/mol. The number of thiophene rings is 1. The maximum absolute atomic E-state index is 5.82. The molecule has 1 aromatic heterocycles. The van der Waals surface area contributed by atoms with Crippen LogP contribution in [0.5, 0.6) is 0 Å². The summed E-state index contributed by atoms with van der Waals surface area (Å²) in [7, 11) is 1.98. The lowest BCUT2D eigenvalue weighted by molar-refractivity contribution is 0.700. The molecular weight excluding hydrogens is 216 g/mol. The molecule has 2 rings (SSSR count). The highest BCUT2D eigenvalue weighted by atomic mass is 32.1. The van der Waals surface area contributed by atoms with Crippen LogP contribution >= 0.6 is 11.3 Å². The van der Waals surface area contributed by atoms with Crippen LogP contribution < -0.4 is 11.1 Å². The molecule has 0 aliphatic carbocycles. The second-order valence-electron chi connectivity index (χ2n) is 3.86. The van der Waals surface area contributed by atoms with Crippen molar-refractivity contribution in [3.8, 4) is 0 Å². The normalized spacial score (nSPS) is 12.6. The van der Waals surface area contributed by atoms with E-state index in [-0.39, 0.29) is 6.04 Å². The van der Waals surface area contributed by atoms with Gasteiger partial charge in [-0.15, -0.1) is 11.3 Å². The summed E-state index contributed by atoms with van der Waals surface area (Å²) in [6.45, 7) is 2.14. The van der Waals surface area contributed by atoms with E-state index >= 15 is 0 Å². The van der Waals surface area contributed by atoms with Crippen LogP contribution in [-0.2, 0) is 0 Å². The summed E-state index contributed by atoms with van der Waals surface area (Å²) in [5.41, 5.74) is 9.17. The molecule has 2 nitrogen and oxygen atoms in total. The van der Waals surface area contributed by atoms with Gasteiger partial charge in [-0.3, -0.25) is 0 Å². The van der Waals surface area contributed by atoms with Crippen LogP contribution in [0.15, 0.2) is 35.7 Å². The third-order valence-electron chi connectivity index (χ3n) is 2.70. The van der Waals surface area contributed by atoms with E-state index in [1.807, 2.05) is 25.2 Å². The minimum Gasteiger partial charge on any atom is -0.399 e. The van der Waals surface area contributed by atoms with E-state index < -0.39 is 0 Å². The van der Waals surface area contributed by atoms with Crippen molar-refractivity contribution in [2.75, 3.05) is 12.8 Å². The van der Waals surface area contributed by atoms with Crippen LogP contribution in [0.1, 0.15) is 22.0 Å². The fraction of sp³-hybridized carbons (Fsp3) is 0.231. The molecule has 0 saturated carbocycles. The van der Waals surface area contributed by atoms with E-state index in [1.165, 1.54) is 16.0 Å². The van der Waals surface area contributed by atoms with E-state index in [2.05, 4.69) is 29.8 Å². The molecule has 16 heavy (non-hydrogen) atoms. The summed E-state index contributed by atoms with van der Waals surface area (Å²) in [4.78, 5) is 1.35. The van der Waals surface area contributed by atoms with Crippen molar-refractivity contribution in [3.05, 3.63) is 51.7 Å². The van der Waals surface area contributed by atoms with Crippen molar-refractivity contribution in [2.24, 2.45) is 0 Å². The minimum atomic E-state index is 0.239. The molecule has 3 N–H and O–H groups in total. The molecule has 0 aliphatic rings. The van der Waals surface area contributed by atoms with Crippen molar-refractivity contribution in [1.29, 1.82) is 0 Å². The van der Waals surface area contributed by atoms with Crippen molar-refractivity contribution in [2.45, 2.75) is 13.0 Å². The zero-order chi connectivity index (χ0) is 11.5. The lowest BCUT2D eigenvalue weighted by Gasteiger charge is -2.16. The molecule has 0 aliphatic heterocycles. The summed E-state index contributed by atoms with van der Waals surface area (Å²) < 4.78 is 0. The van der Waals surface area contributed by atoms with Crippen molar-refractivity contribution >= 4 is 17.0 Å². The Hall–Kier alpha value is -1.32. The molecule has 0 saturated heterocycles. The van der Waals surface area contributed by atoms with Gasteiger partial charge >= 0.3 is 0 Å². The second-order valence-corrected chi connectivity index (χ2v) is 4.81. The highest BCUT2D eigenvalue weighted by Crippen LogP contribution is 2.29. The SMILES string of the molecule is CNC(c1cccc(N)c1)c1sccc1C. The molecule has 0 bridgehead atoms. The van der Waals surface area contributed by atoms with Crippen LogP contribution in [0.4, 0.5) is 5.69 Å². The first-order valence-corrected chi connectivity index (χ1v) is 6.17. The lowest BCUT2D eigenvalue weighted by Crippen LogP contribution is -2.17. The highest BCUT2D eigenvalue weighted by molar-refractivity contribution is 7.10. The Morgan fingerprint density at radius 2 is 2.12 bits per heavy atom. The summed E-state index contributed by atoms with van der Waals surface area (Å²) in [6, 6.07) is 10.4. The largest absolute Gasteiger partial charge is 0.399 e. The standard InChI is InChI=1S/C13H16N2S/c1-9-6-7-16-13(9)12(15-2)10-4-3-5-11(14)8-10/h3-8,12,15H,14H2,1-2H3. The van der Waals surface area contributed by atoms with Crippen molar-refractivity contribution in [1.82, 2.24) is 5.32 Å². The molecule has 0 fully saturated rings. The summed E-state index contributed by atoms with van der Waals surface area (Å²) in [5, 5.41) is 5.47. The van der Waals surface area contributed by atoms with Crippen LogP contribution in [0.2, 0.25) is 0 Å². The molecule has 0 radical (unpaired) electrons. The molecule has 2 aromatic rings. The van der Waals surface area contributed by atoms with E-state index in [0.29, 0.717) is 0 Å². The van der Waals surface area contributed by atoms with Gasteiger partial charge < -0.3 is 11.1 Å². The molecule has 1 atom stereocenters. The molecule has 0 spiro atoms. The van der Waals surface area contributed by atoms with E-state index in [0.717, 1.165) is 5.69 Å². The van der Waals surface area contributed by atoms with Crippen LogP contribution in [0.25, 0.3) is 0 Å². The highest BCUT2D eigenvalue weighted by Gasteiger charge is 2.15. The smallest absolute Gasteiger partial charge is 0.0672 e. The first-order chi connectivity index (χ1) is 7.72. The molecular formula is C13H16N2S. The van der Waals surface area contributed by atoms with E-state index in [1.54, 1.807) is 11.3 Å². The Morgan fingerprint density at radius 3 is 2.69 bits per heavy atom. The third-order valence-corrected chi connectivity index (χ3v) is 3.78. The van der Waals surface area contributed by atoms with Crippen molar-refractivity contribution in [3.63, 3.8) is 0 Å². The van der Waals surface area contributed by atoms with E-state index in [4.69, 9.17) is 5.73 Å². The van der Waals surface area contributed by atoms with Gasteiger partial charge in [-0.1, -0.05) is 12.1 Å². The zero-order valence-electron chi connectivity index (χ0n) is 9.53. The van der Waals surface area contributed by atoms with Crippen LogP contribution in [0.3, 0.4) is 0 Å². The van der Waals surface area contributed by atoms with Gasteiger partial charge in [0.05, 0.1) is 6.04 Å². The topological polar surface area (TPSA) is 38.0 Å². The van der Waals surface area contributed by atoms with Gasteiger partial charge in [-0.2, -0.15) is 0 Å². The average Bonchev–Trinajstić information content (AvgIpc) is 2.67. The van der Waals surface area contributed by atoms with Gasteiger partial charge in [-0.05, 0) is 48.7 Å². The fourth-order valence-corrected chi connectivity index (χ4v) is 2.93. The zero-order valence-corrected chi connectivity index (χ0v) is 10.3. The van der Waals surface area contributed by atoms with Crippen LogP contribution in [0, 0.1) is 6.92 Å². The molecule has 0 amide bonds. The second kappa shape index (κ2) is 4.68. The fourth-order valence-electron chi connectivity index (χ4n) is 1.87. The van der Waals surface area contributed by atoms with Gasteiger partial charge in [0.1, 0.15) is 0 Å². The average molecular weight is 232 g/mol. The number of nitrogen functional groups attached to an aromatic ring is 1. The van der Waals surface area contributed by atoms with Crippen molar-refractivity contribution < 1.29 is 0 Å². The number of aryl methyl sites for hydroxylation is 1. The first kappa shape index (κ1) is 11.2. The van der Waals surface area contributed by atoms with Crippen LogP contribution in [-0.4, -0.2) is 7.05 Å². The Kier molecular flexibility index (Phi) is 3.27. The number of anilines is 1. The quantitative estimate of drug-likeness (QED) is 0.798. The van der Waals surface area contributed by atoms with Gasteiger partial charge in [0, 0.05) is 10.6 Å². The Balaban J connectivity index is 2.40. The van der Waals surface area contributed by atoms with Gasteiger partial charge in [0.25, 0.3) is 0 Å². The number of nitrogens with two attached hydrogens (primary N) is 1. The molecule has 1 heterocycles. The number of hydrogen-bond acceptors (Lipinski definition) is 3.